The maximum atomic E-state index is 5.24. The molecule has 30 heavy (non-hydrogen) atoms. The normalized spacial score (nSPS) is 17.3. The van der Waals surface area contributed by atoms with E-state index in [4.69, 9.17) is 4.52 Å². The third-order valence-corrected chi connectivity index (χ3v) is 5.90. The third-order valence-electron chi connectivity index (χ3n) is 5.90. The van der Waals surface area contributed by atoms with Crippen molar-refractivity contribution >= 4 is 11.5 Å². The number of nitrogens with zero attached hydrogens (tertiary/aromatic N) is 5. The van der Waals surface area contributed by atoms with Crippen molar-refractivity contribution in [2.75, 3.05) is 42.9 Å². The summed E-state index contributed by atoms with van der Waals surface area (Å²) in [6.45, 7) is 8.44. The molecule has 7 nitrogen and oxygen atoms in total. The highest BCUT2D eigenvalue weighted by Crippen LogP contribution is 2.30. The first-order valence-corrected chi connectivity index (χ1v) is 10.8. The van der Waals surface area contributed by atoms with Crippen molar-refractivity contribution in [3.63, 3.8) is 0 Å². The molecule has 0 bridgehead atoms. The Balaban J connectivity index is 1.15. The number of nitrogens with one attached hydrogen (secondary N) is 1. The number of hydrogen-bond donors (Lipinski definition) is 1. The fraction of sp³-hybridized carbons (Fsp3) is 0.435. The SMILES string of the molecule is Cc1noc(-c2ccnc(NCc3ccc(N4CCN(CC5CC5)CC4)cc3)c2)n1. The van der Waals surface area contributed by atoms with Crippen molar-refractivity contribution in [3.8, 4) is 11.5 Å². The summed E-state index contributed by atoms with van der Waals surface area (Å²) in [6, 6.07) is 12.7. The van der Waals surface area contributed by atoms with Crippen LogP contribution in [0, 0.1) is 12.8 Å². The predicted octanol–water partition coefficient (Wildman–Crippen LogP) is 3.58. The molecule has 2 fully saturated rings. The Morgan fingerprint density at radius 3 is 2.57 bits per heavy atom. The smallest absolute Gasteiger partial charge is 0.258 e. The minimum Gasteiger partial charge on any atom is -0.369 e. The minimum absolute atomic E-state index is 0.513. The van der Waals surface area contributed by atoms with Crippen LogP contribution in [-0.4, -0.2) is 52.7 Å². The van der Waals surface area contributed by atoms with Crippen LogP contribution in [0.4, 0.5) is 11.5 Å². The number of benzene rings is 1. The van der Waals surface area contributed by atoms with Gasteiger partial charge in [0.2, 0.25) is 0 Å². The van der Waals surface area contributed by atoms with Crippen LogP contribution in [0.2, 0.25) is 0 Å². The van der Waals surface area contributed by atoms with Crippen molar-refractivity contribution in [2.24, 2.45) is 5.92 Å². The van der Waals surface area contributed by atoms with Crippen LogP contribution in [0.1, 0.15) is 24.2 Å². The van der Waals surface area contributed by atoms with E-state index >= 15 is 0 Å². The van der Waals surface area contributed by atoms with Gasteiger partial charge in [-0.25, -0.2) is 4.98 Å². The fourth-order valence-corrected chi connectivity index (χ4v) is 3.95. The van der Waals surface area contributed by atoms with Crippen molar-refractivity contribution in [3.05, 3.63) is 54.0 Å². The van der Waals surface area contributed by atoms with Gasteiger partial charge in [-0.1, -0.05) is 17.3 Å². The molecular weight excluding hydrogens is 376 g/mol. The number of aryl methyl sites for hydroxylation is 1. The van der Waals surface area contributed by atoms with Gasteiger partial charge in [-0.15, -0.1) is 0 Å². The summed E-state index contributed by atoms with van der Waals surface area (Å²) in [5.74, 6) is 2.91. The lowest BCUT2D eigenvalue weighted by atomic mass is 10.1. The molecule has 156 valence electrons. The molecule has 1 saturated carbocycles. The predicted molar refractivity (Wildman–Crippen MR) is 117 cm³/mol. The van der Waals surface area contributed by atoms with Crippen molar-refractivity contribution in [1.82, 2.24) is 20.0 Å². The van der Waals surface area contributed by atoms with Crippen LogP contribution < -0.4 is 10.2 Å². The summed E-state index contributed by atoms with van der Waals surface area (Å²) < 4.78 is 5.24. The minimum atomic E-state index is 0.513. The topological polar surface area (TPSA) is 70.3 Å². The fourth-order valence-electron chi connectivity index (χ4n) is 3.95. The lowest BCUT2D eigenvalue weighted by Gasteiger charge is -2.36. The van der Waals surface area contributed by atoms with Gasteiger partial charge in [0.1, 0.15) is 5.82 Å². The molecule has 3 aromatic rings. The standard InChI is InChI=1S/C23H28N6O/c1-17-26-23(30-27-17)20-8-9-24-22(14-20)25-15-18-4-6-21(7-5-18)29-12-10-28(11-13-29)16-19-2-3-19/h4-9,14,19H,2-3,10-13,15-16H2,1H3,(H,24,25). The Morgan fingerprint density at radius 2 is 1.87 bits per heavy atom. The summed E-state index contributed by atoms with van der Waals surface area (Å²) in [4.78, 5) is 13.8. The average Bonchev–Trinajstić information content (AvgIpc) is 3.50. The van der Waals surface area contributed by atoms with Crippen LogP contribution in [0.5, 0.6) is 0 Å². The van der Waals surface area contributed by atoms with E-state index < -0.39 is 0 Å². The first-order chi connectivity index (χ1) is 14.7. The van der Waals surface area contributed by atoms with E-state index in [1.54, 1.807) is 6.20 Å². The molecule has 0 radical (unpaired) electrons. The van der Waals surface area contributed by atoms with Crippen LogP contribution in [0.15, 0.2) is 47.1 Å². The Labute approximate surface area is 177 Å². The number of piperazine rings is 1. The number of anilines is 2. The Morgan fingerprint density at radius 1 is 1.07 bits per heavy atom. The van der Waals surface area contributed by atoms with Gasteiger partial charge >= 0.3 is 0 Å². The highest BCUT2D eigenvalue weighted by atomic mass is 16.5. The molecule has 2 aliphatic rings. The van der Waals surface area contributed by atoms with Crippen molar-refractivity contribution in [2.45, 2.75) is 26.3 Å². The molecule has 0 amide bonds. The number of rotatable bonds is 7. The second-order valence-electron chi connectivity index (χ2n) is 8.33. The molecule has 1 saturated heterocycles. The van der Waals surface area contributed by atoms with Crippen molar-refractivity contribution < 1.29 is 4.52 Å². The van der Waals surface area contributed by atoms with Crippen LogP contribution in [0.25, 0.3) is 11.5 Å². The van der Waals surface area contributed by atoms with E-state index in [1.807, 2.05) is 19.1 Å². The zero-order valence-electron chi connectivity index (χ0n) is 17.4. The van der Waals surface area contributed by atoms with E-state index in [9.17, 15) is 0 Å². The van der Waals surface area contributed by atoms with E-state index in [1.165, 1.54) is 43.7 Å². The summed E-state index contributed by atoms with van der Waals surface area (Å²) in [5.41, 5.74) is 3.41. The molecule has 1 aromatic carbocycles. The lowest BCUT2D eigenvalue weighted by molar-refractivity contribution is 0.248. The molecule has 3 heterocycles. The molecule has 1 aliphatic carbocycles. The Bertz CT molecular complexity index is 973. The second-order valence-corrected chi connectivity index (χ2v) is 8.33. The first-order valence-electron chi connectivity index (χ1n) is 10.8. The molecule has 7 heteroatoms. The number of hydrogen-bond acceptors (Lipinski definition) is 7. The van der Waals surface area contributed by atoms with Gasteiger partial charge in [-0.05, 0) is 55.5 Å². The Kier molecular flexibility index (Phi) is 5.36. The average molecular weight is 405 g/mol. The highest BCUT2D eigenvalue weighted by Gasteiger charge is 2.26. The van der Waals surface area contributed by atoms with Gasteiger partial charge in [0.25, 0.3) is 5.89 Å². The zero-order chi connectivity index (χ0) is 20.3. The summed E-state index contributed by atoms with van der Waals surface area (Å²) >= 11 is 0. The number of aromatic nitrogens is 3. The van der Waals surface area contributed by atoms with E-state index in [2.05, 4.69) is 54.5 Å². The largest absolute Gasteiger partial charge is 0.369 e. The molecule has 0 unspecified atom stereocenters. The van der Waals surface area contributed by atoms with Gasteiger partial charge in [0.15, 0.2) is 5.82 Å². The maximum Gasteiger partial charge on any atom is 0.258 e. The van der Waals surface area contributed by atoms with Gasteiger partial charge in [-0.2, -0.15) is 4.98 Å². The van der Waals surface area contributed by atoms with Crippen LogP contribution in [-0.2, 0) is 6.54 Å². The second kappa shape index (κ2) is 8.44. The van der Waals surface area contributed by atoms with E-state index in [0.29, 0.717) is 11.7 Å². The summed E-state index contributed by atoms with van der Waals surface area (Å²) in [7, 11) is 0. The molecule has 0 atom stereocenters. The third kappa shape index (κ3) is 4.62. The van der Waals surface area contributed by atoms with Gasteiger partial charge in [-0.3, -0.25) is 4.90 Å². The zero-order valence-corrected chi connectivity index (χ0v) is 17.4. The van der Waals surface area contributed by atoms with Gasteiger partial charge < -0.3 is 14.7 Å². The van der Waals surface area contributed by atoms with E-state index in [-0.39, 0.29) is 0 Å². The molecule has 2 aromatic heterocycles. The van der Waals surface area contributed by atoms with E-state index in [0.717, 1.165) is 36.9 Å². The van der Waals surface area contributed by atoms with Crippen LogP contribution >= 0.6 is 0 Å². The monoisotopic (exact) mass is 404 g/mol. The number of pyridine rings is 1. The molecule has 5 rings (SSSR count). The quantitative estimate of drug-likeness (QED) is 0.645. The Hall–Kier alpha value is -2.93. The lowest BCUT2D eigenvalue weighted by Crippen LogP contribution is -2.47. The first kappa shape index (κ1) is 19.1. The van der Waals surface area contributed by atoms with Crippen LogP contribution in [0.3, 0.4) is 0 Å². The molecule has 0 spiro atoms. The molecular formula is C23H28N6O. The molecule has 1 aliphatic heterocycles. The van der Waals surface area contributed by atoms with Crippen molar-refractivity contribution in [1.29, 1.82) is 0 Å². The highest BCUT2D eigenvalue weighted by molar-refractivity contribution is 5.58. The molecule has 1 N–H and O–H groups in total. The maximum absolute atomic E-state index is 5.24. The van der Waals surface area contributed by atoms with Gasteiger partial charge in [0, 0.05) is 56.7 Å². The summed E-state index contributed by atoms with van der Waals surface area (Å²) in [6.07, 6.45) is 4.63. The summed E-state index contributed by atoms with van der Waals surface area (Å²) in [5, 5.41) is 7.23. The van der Waals surface area contributed by atoms with Gasteiger partial charge in [0.05, 0.1) is 0 Å².